The number of alkyl halides is 1. The van der Waals surface area contributed by atoms with Crippen LogP contribution in [0.2, 0.25) is 0 Å². The normalized spacial score (nSPS) is 25.9. The highest BCUT2D eigenvalue weighted by Gasteiger charge is 2.30. The molecule has 17 heavy (non-hydrogen) atoms. The molecule has 4 heteroatoms. The van der Waals surface area contributed by atoms with E-state index in [4.69, 9.17) is 16.3 Å². The molecular formula is C13H22ClNO2. The summed E-state index contributed by atoms with van der Waals surface area (Å²) in [5.74, 6) is 1.12. The number of hydrogen-bond donors (Lipinski definition) is 0. The second-order valence-corrected chi connectivity index (χ2v) is 5.92. The predicted octanol–water partition coefficient (Wildman–Crippen LogP) is 2.28. The van der Waals surface area contributed by atoms with Gasteiger partial charge in [0.25, 0.3) is 0 Å². The summed E-state index contributed by atoms with van der Waals surface area (Å²) in [6.07, 6.45) is 3.90. The fourth-order valence-corrected chi connectivity index (χ4v) is 3.03. The molecule has 2 fully saturated rings. The Labute approximate surface area is 108 Å². The maximum Gasteiger partial charge on any atom is 0.225 e. The lowest BCUT2D eigenvalue weighted by atomic mass is 9.92. The zero-order chi connectivity index (χ0) is 12.3. The minimum atomic E-state index is 0.203. The summed E-state index contributed by atoms with van der Waals surface area (Å²) in [5.41, 5.74) is 0. The molecule has 2 rings (SSSR count). The van der Waals surface area contributed by atoms with E-state index in [1.54, 1.807) is 0 Å². The van der Waals surface area contributed by atoms with Gasteiger partial charge in [0.1, 0.15) is 0 Å². The summed E-state index contributed by atoms with van der Waals surface area (Å²) in [4.78, 5) is 14.3. The van der Waals surface area contributed by atoms with Crippen LogP contribution in [0.25, 0.3) is 0 Å². The molecule has 2 aliphatic heterocycles. The molecular weight excluding hydrogens is 238 g/mol. The summed E-state index contributed by atoms with van der Waals surface area (Å²) >= 11 is 6.11. The standard InChI is InChI=1S/C13H22ClNO2/c1-10(14)11-2-6-15(7-3-11)13(16)12-4-8-17-9-5-12/h10-12H,2-9H2,1H3. The van der Waals surface area contributed by atoms with E-state index in [0.29, 0.717) is 11.8 Å². The van der Waals surface area contributed by atoms with Gasteiger partial charge in [-0.05, 0) is 38.5 Å². The number of hydrogen-bond acceptors (Lipinski definition) is 2. The van der Waals surface area contributed by atoms with Gasteiger partial charge in [0, 0.05) is 37.6 Å². The number of nitrogens with zero attached hydrogens (tertiary/aromatic N) is 1. The zero-order valence-electron chi connectivity index (χ0n) is 10.5. The molecule has 0 bridgehead atoms. The molecule has 0 aromatic carbocycles. The van der Waals surface area contributed by atoms with Crippen molar-refractivity contribution in [2.45, 2.75) is 38.0 Å². The van der Waals surface area contributed by atoms with Gasteiger partial charge in [0.2, 0.25) is 5.91 Å². The van der Waals surface area contributed by atoms with Crippen molar-refractivity contribution in [1.82, 2.24) is 4.90 Å². The van der Waals surface area contributed by atoms with Gasteiger partial charge < -0.3 is 9.64 Å². The van der Waals surface area contributed by atoms with E-state index in [-0.39, 0.29) is 11.3 Å². The molecule has 0 saturated carbocycles. The smallest absolute Gasteiger partial charge is 0.225 e. The van der Waals surface area contributed by atoms with Crippen LogP contribution >= 0.6 is 11.6 Å². The van der Waals surface area contributed by atoms with Crippen molar-refractivity contribution in [3.63, 3.8) is 0 Å². The van der Waals surface area contributed by atoms with Gasteiger partial charge in [-0.3, -0.25) is 4.79 Å². The fourth-order valence-electron chi connectivity index (χ4n) is 2.78. The van der Waals surface area contributed by atoms with Crippen LogP contribution in [0.5, 0.6) is 0 Å². The number of carbonyl (C=O) groups is 1. The Morgan fingerprint density at radius 3 is 2.35 bits per heavy atom. The first-order valence-corrected chi connectivity index (χ1v) is 7.12. The van der Waals surface area contributed by atoms with E-state index in [1.165, 1.54) is 0 Å². The van der Waals surface area contributed by atoms with Crippen molar-refractivity contribution in [3.05, 3.63) is 0 Å². The summed E-state index contributed by atoms with van der Waals surface area (Å²) in [6.45, 7) is 5.31. The summed E-state index contributed by atoms with van der Waals surface area (Å²) in [6, 6.07) is 0. The number of amides is 1. The number of piperidine rings is 1. The summed E-state index contributed by atoms with van der Waals surface area (Å²) in [7, 11) is 0. The van der Waals surface area contributed by atoms with E-state index in [9.17, 15) is 4.79 Å². The van der Waals surface area contributed by atoms with E-state index < -0.39 is 0 Å². The lowest BCUT2D eigenvalue weighted by molar-refractivity contribution is -0.139. The summed E-state index contributed by atoms with van der Waals surface area (Å²) < 4.78 is 5.30. The number of ether oxygens (including phenoxy) is 1. The van der Waals surface area contributed by atoms with Gasteiger partial charge in [-0.15, -0.1) is 11.6 Å². The fraction of sp³-hybridized carbons (Fsp3) is 0.923. The molecule has 0 aliphatic carbocycles. The first-order chi connectivity index (χ1) is 8.18. The van der Waals surface area contributed by atoms with Crippen LogP contribution in [-0.4, -0.2) is 42.5 Å². The maximum atomic E-state index is 12.3. The van der Waals surface area contributed by atoms with Crippen LogP contribution in [0.1, 0.15) is 32.6 Å². The van der Waals surface area contributed by atoms with Crippen molar-refractivity contribution in [1.29, 1.82) is 0 Å². The van der Waals surface area contributed by atoms with Crippen LogP contribution in [0.15, 0.2) is 0 Å². The van der Waals surface area contributed by atoms with Crippen molar-refractivity contribution in [2.75, 3.05) is 26.3 Å². The van der Waals surface area contributed by atoms with E-state index >= 15 is 0 Å². The largest absolute Gasteiger partial charge is 0.381 e. The Hall–Kier alpha value is -0.280. The molecule has 0 N–H and O–H groups in total. The molecule has 3 nitrogen and oxygen atoms in total. The average Bonchev–Trinajstić information content (AvgIpc) is 2.39. The average molecular weight is 260 g/mol. The lowest BCUT2D eigenvalue weighted by Crippen LogP contribution is -2.44. The van der Waals surface area contributed by atoms with Gasteiger partial charge in [-0.2, -0.15) is 0 Å². The van der Waals surface area contributed by atoms with Gasteiger partial charge in [-0.25, -0.2) is 0 Å². The van der Waals surface area contributed by atoms with E-state index in [1.807, 2.05) is 4.90 Å². The molecule has 98 valence electrons. The molecule has 1 amide bonds. The van der Waals surface area contributed by atoms with Gasteiger partial charge >= 0.3 is 0 Å². The predicted molar refractivity (Wildman–Crippen MR) is 68.2 cm³/mol. The monoisotopic (exact) mass is 259 g/mol. The third-order valence-corrected chi connectivity index (χ3v) is 4.43. The molecule has 0 aromatic rings. The molecule has 2 heterocycles. The van der Waals surface area contributed by atoms with Crippen LogP contribution < -0.4 is 0 Å². The molecule has 2 saturated heterocycles. The zero-order valence-corrected chi connectivity index (χ0v) is 11.3. The molecule has 0 spiro atoms. The lowest BCUT2D eigenvalue weighted by Gasteiger charge is -2.36. The molecule has 1 unspecified atom stereocenters. The SMILES string of the molecule is CC(Cl)C1CCN(C(=O)C2CCOCC2)CC1. The number of halogens is 1. The van der Waals surface area contributed by atoms with Crippen LogP contribution in [-0.2, 0) is 9.53 Å². The Balaban J connectivity index is 1.81. The Morgan fingerprint density at radius 1 is 1.24 bits per heavy atom. The highest BCUT2D eigenvalue weighted by molar-refractivity contribution is 6.20. The van der Waals surface area contributed by atoms with Crippen molar-refractivity contribution < 1.29 is 9.53 Å². The van der Waals surface area contributed by atoms with Crippen LogP contribution in [0.4, 0.5) is 0 Å². The first kappa shape index (κ1) is 13.2. The van der Waals surface area contributed by atoms with Crippen molar-refractivity contribution in [3.8, 4) is 0 Å². The van der Waals surface area contributed by atoms with E-state index in [0.717, 1.165) is 52.0 Å². The Morgan fingerprint density at radius 2 is 1.82 bits per heavy atom. The Kier molecular flexibility index (Phi) is 4.69. The number of carbonyl (C=O) groups excluding carboxylic acids is 1. The van der Waals surface area contributed by atoms with Gasteiger partial charge in [0.05, 0.1) is 0 Å². The number of likely N-dealkylation sites (tertiary alicyclic amines) is 1. The molecule has 0 aromatic heterocycles. The van der Waals surface area contributed by atoms with Crippen LogP contribution in [0.3, 0.4) is 0 Å². The minimum Gasteiger partial charge on any atom is -0.381 e. The topological polar surface area (TPSA) is 29.5 Å². The Bertz CT molecular complexity index is 256. The maximum absolute atomic E-state index is 12.3. The molecule has 1 atom stereocenters. The number of rotatable bonds is 2. The van der Waals surface area contributed by atoms with Crippen molar-refractivity contribution in [2.24, 2.45) is 11.8 Å². The highest BCUT2D eigenvalue weighted by atomic mass is 35.5. The quantitative estimate of drug-likeness (QED) is 0.712. The van der Waals surface area contributed by atoms with E-state index in [2.05, 4.69) is 6.92 Å². The van der Waals surface area contributed by atoms with Crippen molar-refractivity contribution >= 4 is 17.5 Å². The molecule has 0 radical (unpaired) electrons. The molecule has 2 aliphatic rings. The first-order valence-electron chi connectivity index (χ1n) is 6.69. The van der Waals surface area contributed by atoms with Gasteiger partial charge in [-0.1, -0.05) is 0 Å². The third kappa shape index (κ3) is 3.35. The third-order valence-electron chi connectivity index (χ3n) is 4.07. The highest BCUT2D eigenvalue weighted by Crippen LogP contribution is 2.26. The summed E-state index contributed by atoms with van der Waals surface area (Å²) in [5, 5.41) is 0.232. The minimum absolute atomic E-state index is 0.203. The second kappa shape index (κ2) is 6.05. The van der Waals surface area contributed by atoms with Crippen LogP contribution in [0, 0.1) is 11.8 Å². The second-order valence-electron chi connectivity index (χ2n) is 5.23. The van der Waals surface area contributed by atoms with Gasteiger partial charge in [0.15, 0.2) is 0 Å².